The van der Waals surface area contributed by atoms with E-state index in [1.54, 1.807) is 0 Å². The lowest BCUT2D eigenvalue weighted by Crippen LogP contribution is -2.32. The van der Waals surface area contributed by atoms with Crippen LogP contribution in [0.15, 0.2) is 4.79 Å². The van der Waals surface area contributed by atoms with Crippen molar-refractivity contribution in [2.24, 2.45) is 0 Å². The number of hydrogen-bond donors (Lipinski definition) is 2. The van der Waals surface area contributed by atoms with Crippen LogP contribution < -0.4 is 10.3 Å². The molecule has 1 aliphatic heterocycles. The maximum absolute atomic E-state index is 11.7. The fraction of sp³-hybridized carbons (Fsp3) is 0.600. The van der Waals surface area contributed by atoms with Crippen molar-refractivity contribution in [2.75, 3.05) is 6.61 Å². The van der Waals surface area contributed by atoms with Crippen LogP contribution in [0, 0.1) is 4.77 Å². The highest BCUT2D eigenvalue weighted by atomic mass is 32.1. The lowest BCUT2D eigenvalue weighted by Gasteiger charge is -2.28. The molecule has 0 saturated heterocycles. The number of H-pyrrole nitrogens is 2. The Morgan fingerprint density at radius 1 is 1.56 bits per heavy atom. The van der Waals surface area contributed by atoms with Gasteiger partial charge in [0, 0.05) is 13.0 Å². The molecule has 1 aliphatic rings. The second-order valence-corrected chi connectivity index (χ2v) is 4.20. The van der Waals surface area contributed by atoms with Crippen LogP contribution in [0.3, 0.4) is 0 Å². The molecule has 2 heterocycles. The van der Waals surface area contributed by atoms with Crippen molar-refractivity contribution in [1.29, 1.82) is 0 Å². The molecule has 0 aromatic carbocycles. The molecular weight excluding hydrogens is 228 g/mol. The molecule has 0 aliphatic carbocycles. The molecule has 5 nitrogen and oxygen atoms in total. The van der Waals surface area contributed by atoms with Gasteiger partial charge < -0.3 is 14.5 Å². The van der Waals surface area contributed by atoms with Gasteiger partial charge in [0.2, 0.25) is 12.2 Å². The number of nitrogens with one attached hydrogen (secondary N) is 2. The summed E-state index contributed by atoms with van der Waals surface area (Å²) in [6.45, 7) is 4.46. The Morgan fingerprint density at radius 3 is 3.00 bits per heavy atom. The van der Waals surface area contributed by atoms with Gasteiger partial charge in [0.05, 0.1) is 5.56 Å². The van der Waals surface area contributed by atoms with E-state index in [0.29, 0.717) is 24.5 Å². The Labute approximate surface area is 97.8 Å². The molecule has 88 valence electrons. The average Bonchev–Trinajstić information content (AvgIpc) is 2.15. The highest BCUT2D eigenvalue weighted by Crippen LogP contribution is 2.31. The number of aromatic nitrogens is 2. The average molecular weight is 242 g/mol. The Kier molecular flexibility index (Phi) is 3.11. The SMILES string of the molecule is CCOC1CC(C)c2c([nH]c(=S)[nH]c2=O)O1. The second kappa shape index (κ2) is 4.39. The van der Waals surface area contributed by atoms with E-state index in [0.717, 1.165) is 0 Å². The number of fused-ring (bicyclic) bond motifs is 1. The van der Waals surface area contributed by atoms with Gasteiger partial charge in [-0.2, -0.15) is 0 Å². The van der Waals surface area contributed by atoms with E-state index in [1.165, 1.54) is 0 Å². The summed E-state index contributed by atoms with van der Waals surface area (Å²) in [5.74, 6) is 0.529. The molecule has 0 fully saturated rings. The lowest BCUT2D eigenvalue weighted by molar-refractivity contribution is -0.0934. The first-order valence-electron chi connectivity index (χ1n) is 5.26. The van der Waals surface area contributed by atoms with Gasteiger partial charge in [-0.25, -0.2) is 0 Å². The maximum Gasteiger partial charge on any atom is 0.258 e. The van der Waals surface area contributed by atoms with Crippen LogP contribution in [-0.2, 0) is 4.74 Å². The Hall–Kier alpha value is -1.14. The van der Waals surface area contributed by atoms with E-state index in [9.17, 15) is 4.79 Å². The van der Waals surface area contributed by atoms with Crippen molar-refractivity contribution in [2.45, 2.75) is 32.5 Å². The van der Waals surface area contributed by atoms with Crippen LogP contribution in [0.4, 0.5) is 0 Å². The minimum absolute atomic E-state index is 0.0934. The van der Waals surface area contributed by atoms with Crippen molar-refractivity contribution < 1.29 is 9.47 Å². The molecule has 2 N–H and O–H groups in total. The first-order valence-corrected chi connectivity index (χ1v) is 5.67. The topological polar surface area (TPSA) is 67.1 Å². The summed E-state index contributed by atoms with van der Waals surface area (Å²) >= 11 is 4.89. The minimum atomic E-state index is -0.306. The molecule has 1 aromatic heterocycles. The van der Waals surface area contributed by atoms with Gasteiger partial charge in [-0.05, 0) is 25.1 Å². The monoisotopic (exact) mass is 242 g/mol. The van der Waals surface area contributed by atoms with Crippen molar-refractivity contribution in [3.63, 3.8) is 0 Å². The zero-order valence-corrected chi connectivity index (χ0v) is 10.0. The maximum atomic E-state index is 11.7. The predicted molar refractivity (Wildman–Crippen MR) is 61.3 cm³/mol. The van der Waals surface area contributed by atoms with Crippen molar-refractivity contribution in [1.82, 2.24) is 9.97 Å². The molecule has 6 heteroatoms. The molecule has 2 unspecified atom stereocenters. The van der Waals surface area contributed by atoms with Crippen molar-refractivity contribution in [3.8, 4) is 5.88 Å². The Balaban J connectivity index is 2.42. The fourth-order valence-electron chi connectivity index (χ4n) is 1.89. The molecule has 1 aromatic rings. The normalized spacial score (nSPS) is 23.6. The van der Waals surface area contributed by atoms with Crippen LogP contribution >= 0.6 is 12.2 Å². The van der Waals surface area contributed by atoms with Gasteiger partial charge in [0.1, 0.15) is 0 Å². The van der Waals surface area contributed by atoms with Crippen molar-refractivity contribution in [3.05, 3.63) is 20.7 Å². The quantitative estimate of drug-likeness (QED) is 0.774. The molecule has 0 bridgehead atoms. The Morgan fingerprint density at radius 2 is 2.31 bits per heavy atom. The van der Waals surface area contributed by atoms with E-state index < -0.39 is 0 Å². The van der Waals surface area contributed by atoms with E-state index in [-0.39, 0.29) is 22.5 Å². The minimum Gasteiger partial charge on any atom is -0.449 e. The molecule has 0 radical (unpaired) electrons. The number of aromatic amines is 2. The van der Waals surface area contributed by atoms with Crippen LogP contribution in [0.2, 0.25) is 0 Å². The number of ether oxygens (including phenoxy) is 2. The summed E-state index contributed by atoms with van der Waals surface area (Å²) in [5.41, 5.74) is 0.436. The van der Waals surface area contributed by atoms with Crippen LogP contribution in [0.1, 0.15) is 31.7 Å². The summed E-state index contributed by atoms with van der Waals surface area (Å²) in [6, 6.07) is 0. The summed E-state index contributed by atoms with van der Waals surface area (Å²) < 4.78 is 11.2. The molecule has 0 amide bonds. The first-order chi connectivity index (χ1) is 7.61. The van der Waals surface area contributed by atoms with Crippen LogP contribution in [0.25, 0.3) is 0 Å². The smallest absolute Gasteiger partial charge is 0.258 e. The number of rotatable bonds is 2. The second-order valence-electron chi connectivity index (χ2n) is 3.79. The third-order valence-corrected chi connectivity index (χ3v) is 2.79. The van der Waals surface area contributed by atoms with Gasteiger partial charge in [0.25, 0.3) is 5.56 Å². The van der Waals surface area contributed by atoms with Gasteiger partial charge in [-0.3, -0.25) is 9.78 Å². The molecule has 2 rings (SSSR count). The van der Waals surface area contributed by atoms with E-state index in [4.69, 9.17) is 21.7 Å². The van der Waals surface area contributed by atoms with E-state index in [2.05, 4.69) is 9.97 Å². The summed E-state index contributed by atoms with van der Waals surface area (Å²) in [4.78, 5) is 17.1. The summed E-state index contributed by atoms with van der Waals surface area (Å²) in [6.07, 6.45) is 0.370. The third-order valence-electron chi connectivity index (χ3n) is 2.58. The predicted octanol–water partition coefficient (Wildman–Crippen LogP) is 1.68. The highest BCUT2D eigenvalue weighted by molar-refractivity contribution is 7.71. The van der Waals surface area contributed by atoms with Crippen molar-refractivity contribution >= 4 is 12.2 Å². The summed E-state index contributed by atoms with van der Waals surface area (Å²) in [5, 5.41) is 0. The molecular formula is C10H14N2O3S. The summed E-state index contributed by atoms with van der Waals surface area (Å²) in [7, 11) is 0. The zero-order valence-electron chi connectivity index (χ0n) is 9.20. The molecule has 2 atom stereocenters. The van der Waals surface area contributed by atoms with Crippen LogP contribution in [-0.4, -0.2) is 22.9 Å². The van der Waals surface area contributed by atoms with Gasteiger partial charge in [-0.15, -0.1) is 0 Å². The number of hydrogen-bond acceptors (Lipinski definition) is 4. The van der Waals surface area contributed by atoms with E-state index in [1.807, 2.05) is 13.8 Å². The van der Waals surface area contributed by atoms with Gasteiger partial charge in [-0.1, -0.05) is 6.92 Å². The van der Waals surface area contributed by atoms with Crippen LogP contribution in [0.5, 0.6) is 5.88 Å². The fourth-order valence-corrected chi connectivity index (χ4v) is 2.08. The first kappa shape index (κ1) is 11.3. The standard InChI is InChI=1S/C10H14N2O3S/c1-3-14-6-4-5(2)7-8(13)11-10(16)12-9(7)15-6/h5-6H,3-4H2,1-2H3,(H2,11,12,13,16). The highest BCUT2D eigenvalue weighted by Gasteiger charge is 2.28. The zero-order chi connectivity index (χ0) is 11.7. The largest absolute Gasteiger partial charge is 0.449 e. The molecule has 16 heavy (non-hydrogen) atoms. The van der Waals surface area contributed by atoms with E-state index >= 15 is 0 Å². The third kappa shape index (κ3) is 2.03. The van der Waals surface area contributed by atoms with Gasteiger partial charge in [0.15, 0.2) is 4.77 Å². The molecule has 0 spiro atoms. The lowest BCUT2D eigenvalue weighted by atomic mass is 9.97. The van der Waals surface area contributed by atoms with Gasteiger partial charge >= 0.3 is 0 Å². The Bertz CT molecular complexity index is 494. The molecule has 0 saturated carbocycles.